The molecule has 2 aromatic rings. The van der Waals surface area contributed by atoms with Gasteiger partial charge in [0.15, 0.2) is 6.10 Å². The Labute approximate surface area is 149 Å². The molecular weight excluding hydrogens is 364 g/mol. The molecule has 0 aliphatic carbocycles. The highest BCUT2D eigenvalue weighted by Gasteiger charge is 2.43. The number of benzene rings is 2. The summed E-state index contributed by atoms with van der Waals surface area (Å²) in [4.78, 5) is 17.8. The van der Waals surface area contributed by atoms with Crippen LogP contribution in [0.3, 0.4) is 0 Å². The number of hydrogen-bond acceptors (Lipinski definition) is 5. The molecule has 0 fully saturated rings. The maximum Gasteiger partial charge on any atom is 0.269 e. The third-order valence-electron chi connectivity index (χ3n) is 4.19. The van der Waals surface area contributed by atoms with Crippen molar-refractivity contribution in [3.8, 4) is 0 Å². The van der Waals surface area contributed by atoms with E-state index in [1.54, 1.807) is 24.3 Å². The van der Waals surface area contributed by atoms with Gasteiger partial charge in [-0.2, -0.15) is 0 Å². The molecule has 0 saturated carbocycles. The molecule has 2 aliphatic heterocycles. The molecule has 8 heteroatoms. The fraction of sp³-hybridized carbons (Fsp3) is 0.176. The molecule has 0 bridgehead atoms. The van der Waals surface area contributed by atoms with E-state index in [-0.39, 0.29) is 17.0 Å². The van der Waals surface area contributed by atoms with Crippen LogP contribution in [0.2, 0.25) is 5.02 Å². The molecule has 0 radical (unpaired) electrons. The Morgan fingerprint density at radius 1 is 1.16 bits per heavy atom. The Morgan fingerprint density at radius 2 is 1.88 bits per heavy atom. The van der Waals surface area contributed by atoms with Crippen molar-refractivity contribution >= 4 is 33.2 Å². The Hall–Kier alpha value is -2.38. The lowest BCUT2D eigenvalue weighted by Gasteiger charge is -2.18. The van der Waals surface area contributed by atoms with E-state index in [9.17, 15) is 13.2 Å². The summed E-state index contributed by atoms with van der Waals surface area (Å²) in [6.45, 7) is -0.0730. The second-order valence-corrected chi connectivity index (χ2v) is 8.08. The number of amides is 1. The van der Waals surface area contributed by atoms with Crippen molar-refractivity contribution in [2.45, 2.75) is 17.4 Å². The average Bonchev–Trinajstić information content (AvgIpc) is 3.14. The fourth-order valence-corrected chi connectivity index (χ4v) is 4.66. The van der Waals surface area contributed by atoms with Crippen LogP contribution in [0.4, 0.5) is 0 Å². The van der Waals surface area contributed by atoms with Crippen molar-refractivity contribution in [2.75, 3.05) is 6.54 Å². The van der Waals surface area contributed by atoms with Gasteiger partial charge < -0.3 is 4.84 Å². The Morgan fingerprint density at radius 3 is 2.60 bits per heavy atom. The third-order valence-corrected chi connectivity index (χ3v) is 6.25. The smallest absolute Gasteiger partial charge is 0.269 e. The summed E-state index contributed by atoms with van der Waals surface area (Å²) in [6, 6.07) is 13.3. The number of hydrogen-bond donors (Lipinski definition) is 0. The normalized spacial score (nSPS) is 21.0. The van der Waals surface area contributed by atoms with Crippen molar-refractivity contribution in [3.63, 3.8) is 0 Å². The topological polar surface area (TPSA) is 76.0 Å². The van der Waals surface area contributed by atoms with Gasteiger partial charge in [0.05, 0.1) is 17.8 Å². The van der Waals surface area contributed by atoms with Gasteiger partial charge in [-0.25, -0.2) is 12.7 Å². The summed E-state index contributed by atoms with van der Waals surface area (Å²) in [6.07, 6.45) is -0.101. The summed E-state index contributed by atoms with van der Waals surface area (Å²) in [5.74, 6) is -0.529. The predicted molar refractivity (Wildman–Crippen MR) is 92.1 cm³/mol. The molecule has 0 aromatic heterocycles. The Bertz CT molecular complexity index is 986. The van der Waals surface area contributed by atoms with Crippen molar-refractivity contribution in [1.29, 1.82) is 0 Å². The number of sulfonamides is 1. The van der Waals surface area contributed by atoms with Crippen LogP contribution in [0, 0.1) is 0 Å². The van der Waals surface area contributed by atoms with Crippen LogP contribution in [-0.4, -0.2) is 37.0 Å². The van der Waals surface area contributed by atoms with E-state index in [1.165, 1.54) is 12.1 Å². The molecule has 6 nitrogen and oxygen atoms in total. The van der Waals surface area contributed by atoms with E-state index < -0.39 is 22.0 Å². The van der Waals surface area contributed by atoms with E-state index in [1.807, 2.05) is 12.1 Å². The lowest BCUT2D eigenvalue weighted by molar-refractivity contribution is 0.0599. The van der Waals surface area contributed by atoms with E-state index in [0.717, 1.165) is 9.87 Å². The van der Waals surface area contributed by atoms with Crippen molar-refractivity contribution in [3.05, 3.63) is 64.7 Å². The molecule has 0 unspecified atom stereocenters. The highest BCUT2D eigenvalue weighted by Crippen LogP contribution is 2.31. The summed E-state index contributed by atoms with van der Waals surface area (Å²) in [7, 11) is -3.84. The van der Waals surface area contributed by atoms with Crippen LogP contribution in [0.15, 0.2) is 58.6 Å². The van der Waals surface area contributed by atoms with E-state index in [0.29, 0.717) is 17.2 Å². The minimum atomic E-state index is -3.84. The molecule has 4 rings (SSSR count). The van der Waals surface area contributed by atoms with Gasteiger partial charge in [-0.05, 0) is 29.8 Å². The maximum absolute atomic E-state index is 12.6. The maximum atomic E-state index is 12.6. The highest BCUT2D eigenvalue weighted by molar-refractivity contribution is 7.90. The average molecular weight is 377 g/mol. The largest absolute Gasteiger partial charge is 0.390 e. The molecule has 2 heterocycles. The van der Waals surface area contributed by atoms with Gasteiger partial charge in [-0.1, -0.05) is 41.0 Å². The zero-order valence-corrected chi connectivity index (χ0v) is 14.5. The van der Waals surface area contributed by atoms with Crippen LogP contribution in [0.5, 0.6) is 0 Å². The molecule has 128 valence electrons. The van der Waals surface area contributed by atoms with Crippen LogP contribution >= 0.6 is 11.6 Å². The third kappa shape index (κ3) is 2.69. The van der Waals surface area contributed by atoms with Crippen LogP contribution in [0.25, 0.3) is 0 Å². The molecule has 0 N–H and O–H groups in total. The van der Waals surface area contributed by atoms with Crippen LogP contribution in [0.1, 0.15) is 22.3 Å². The van der Waals surface area contributed by atoms with E-state index in [2.05, 4.69) is 5.16 Å². The molecule has 1 atom stereocenters. The monoisotopic (exact) mass is 376 g/mol. The van der Waals surface area contributed by atoms with Crippen molar-refractivity contribution in [2.24, 2.45) is 5.16 Å². The molecular formula is C17H13ClN2O4S. The second kappa shape index (κ2) is 5.86. The first kappa shape index (κ1) is 16.1. The Balaban J connectivity index is 1.51. The SMILES string of the molecule is O=C1c2ccccc2S(=O)(=O)N1C[C@H]1CC(c2ccc(Cl)cc2)=NO1. The lowest BCUT2D eigenvalue weighted by atomic mass is 10.1. The number of oxime groups is 1. The van der Waals surface area contributed by atoms with Crippen LogP contribution < -0.4 is 0 Å². The van der Waals surface area contributed by atoms with Gasteiger partial charge in [0.2, 0.25) is 0 Å². The first-order valence-corrected chi connectivity index (χ1v) is 9.43. The number of fused-ring (bicyclic) bond motifs is 1. The predicted octanol–water partition coefficient (Wildman–Crippen LogP) is 2.68. The lowest BCUT2D eigenvalue weighted by Crippen LogP contribution is -2.37. The number of nitrogens with zero attached hydrogens (tertiary/aromatic N) is 2. The summed E-state index contributed by atoms with van der Waals surface area (Å²) >= 11 is 5.87. The number of carbonyl (C=O) groups is 1. The number of halogens is 1. The first-order chi connectivity index (χ1) is 12.0. The van der Waals surface area contributed by atoms with Gasteiger partial charge in [0.25, 0.3) is 15.9 Å². The summed E-state index contributed by atoms with van der Waals surface area (Å²) in [5.41, 5.74) is 1.74. The van der Waals surface area contributed by atoms with E-state index >= 15 is 0 Å². The van der Waals surface area contributed by atoms with Gasteiger partial charge in [-0.15, -0.1) is 0 Å². The zero-order valence-electron chi connectivity index (χ0n) is 12.9. The molecule has 2 aromatic carbocycles. The van der Waals surface area contributed by atoms with Gasteiger partial charge in [0.1, 0.15) is 4.90 Å². The summed E-state index contributed by atoms with van der Waals surface area (Å²) < 4.78 is 26.0. The summed E-state index contributed by atoms with van der Waals surface area (Å²) in [5, 5.41) is 4.64. The molecule has 0 spiro atoms. The van der Waals surface area contributed by atoms with Gasteiger partial charge in [0, 0.05) is 11.4 Å². The van der Waals surface area contributed by atoms with Gasteiger partial charge >= 0.3 is 0 Å². The highest BCUT2D eigenvalue weighted by atomic mass is 35.5. The number of carbonyl (C=O) groups excluding carboxylic acids is 1. The van der Waals surface area contributed by atoms with Crippen LogP contribution in [-0.2, 0) is 14.9 Å². The molecule has 0 saturated heterocycles. The minimum absolute atomic E-state index is 0.0387. The van der Waals surface area contributed by atoms with Gasteiger partial charge in [-0.3, -0.25) is 4.79 Å². The quantitative estimate of drug-likeness (QED) is 0.825. The van der Waals surface area contributed by atoms with E-state index in [4.69, 9.17) is 16.4 Å². The zero-order chi connectivity index (χ0) is 17.6. The first-order valence-electron chi connectivity index (χ1n) is 7.61. The van der Waals surface area contributed by atoms with Crippen molar-refractivity contribution in [1.82, 2.24) is 4.31 Å². The minimum Gasteiger partial charge on any atom is -0.390 e. The standard InChI is InChI=1S/C17H13ClN2O4S/c18-12-7-5-11(6-8-12)15-9-13(24-19-15)10-20-17(21)14-3-1-2-4-16(14)25(20,22)23/h1-8,13H,9-10H2/t13-/m1/s1. The second-order valence-electron chi connectivity index (χ2n) is 5.81. The molecule has 25 heavy (non-hydrogen) atoms. The molecule has 1 amide bonds. The van der Waals surface area contributed by atoms with Crippen molar-refractivity contribution < 1.29 is 18.0 Å². The fourth-order valence-electron chi connectivity index (χ4n) is 2.94. The molecule has 2 aliphatic rings. The number of rotatable bonds is 3. The Kier molecular flexibility index (Phi) is 3.77.